The average Bonchev–Trinajstić information content (AvgIpc) is 2.18. The highest BCUT2D eigenvalue weighted by molar-refractivity contribution is 9.10. The van der Waals surface area contributed by atoms with Crippen molar-refractivity contribution in [2.45, 2.75) is 0 Å². The molecule has 1 rings (SSSR count). The zero-order chi connectivity index (χ0) is 10.4. The molecule has 0 aromatic heterocycles. The standard InChI is InChI=1S/C10H9BrClFO/c11-9-4-3-8(7-10(9)13)14-6-2-1-5-12/h1-4,7H,5-6H2. The van der Waals surface area contributed by atoms with Gasteiger partial charge in [-0.1, -0.05) is 12.2 Å². The lowest BCUT2D eigenvalue weighted by Gasteiger charge is -2.03. The Morgan fingerprint density at radius 3 is 2.86 bits per heavy atom. The molecular formula is C10H9BrClFO. The first-order valence-electron chi connectivity index (χ1n) is 4.03. The normalized spacial score (nSPS) is 10.8. The van der Waals surface area contributed by atoms with Crippen LogP contribution in [-0.2, 0) is 0 Å². The summed E-state index contributed by atoms with van der Waals surface area (Å²) in [5.74, 6) is 0.631. The van der Waals surface area contributed by atoms with Crippen molar-refractivity contribution in [3.05, 3.63) is 40.6 Å². The zero-order valence-corrected chi connectivity index (χ0v) is 9.69. The van der Waals surface area contributed by atoms with Crippen molar-refractivity contribution < 1.29 is 9.13 Å². The Hall–Kier alpha value is -0.540. The fraction of sp³-hybridized carbons (Fsp3) is 0.200. The van der Waals surface area contributed by atoms with Crippen molar-refractivity contribution in [1.29, 1.82) is 0 Å². The van der Waals surface area contributed by atoms with Crippen molar-refractivity contribution in [2.75, 3.05) is 12.5 Å². The predicted octanol–water partition coefficient (Wildman–Crippen LogP) is 3.76. The first-order chi connectivity index (χ1) is 6.74. The minimum Gasteiger partial charge on any atom is -0.489 e. The van der Waals surface area contributed by atoms with Crippen molar-refractivity contribution in [3.63, 3.8) is 0 Å². The highest BCUT2D eigenvalue weighted by Gasteiger charge is 1.99. The van der Waals surface area contributed by atoms with Crippen LogP contribution in [0.3, 0.4) is 0 Å². The molecule has 0 aliphatic carbocycles. The Morgan fingerprint density at radius 1 is 1.43 bits per heavy atom. The van der Waals surface area contributed by atoms with Crippen LogP contribution in [0.2, 0.25) is 0 Å². The molecule has 0 atom stereocenters. The summed E-state index contributed by atoms with van der Waals surface area (Å²) >= 11 is 8.48. The molecule has 0 aliphatic heterocycles. The maximum Gasteiger partial charge on any atom is 0.141 e. The Bertz CT molecular complexity index is 328. The molecule has 0 saturated carbocycles. The summed E-state index contributed by atoms with van der Waals surface area (Å²) < 4.78 is 18.7. The van der Waals surface area contributed by atoms with Crippen LogP contribution in [0.1, 0.15) is 0 Å². The van der Waals surface area contributed by atoms with E-state index in [1.807, 2.05) is 0 Å². The van der Waals surface area contributed by atoms with Gasteiger partial charge in [-0.3, -0.25) is 0 Å². The van der Waals surface area contributed by atoms with E-state index in [9.17, 15) is 4.39 Å². The third-order valence-corrected chi connectivity index (χ3v) is 2.31. The van der Waals surface area contributed by atoms with Gasteiger partial charge in [0, 0.05) is 11.9 Å². The lowest BCUT2D eigenvalue weighted by molar-refractivity contribution is 0.360. The summed E-state index contributed by atoms with van der Waals surface area (Å²) in [6, 6.07) is 4.64. The van der Waals surface area contributed by atoms with Gasteiger partial charge in [0.2, 0.25) is 0 Å². The van der Waals surface area contributed by atoms with Gasteiger partial charge in [-0.25, -0.2) is 4.39 Å². The molecule has 0 unspecified atom stereocenters. The molecule has 1 aromatic rings. The lowest BCUT2D eigenvalue weighted by atomic mass is 10.3. The molecular weight excluding hydrogens is 270 g/mol. The maximum atomic E-state index is 13.0. The molecule has 0 amide bonds. The van der Waals surface area contributed by atoms with Crippen molar-refractivity contribution in [3.8, 4) is 5.75 Å². The highest BCUT2D eigenvalue weighted by Crippen LogP contribution is 2.20. The number of benzene rings is 1. The summed E-state index contributed by atoms with van der Waals surface area (Å²) in [6.07, 6.45) is 3.56. The van der Waals surface area contributed by atoms with Crippen LogP contribution >= 0.6 is 27.5 Å². The molecule has 0 saturated heterocycles. The molecule has 4 heteroatoms. The van der Waals surface area contributed by atoms with E-state index < -0.39 is 0 Å². The second-order valence-electron chi connectivity index (χ2n) is 2.51. The molecule has 76 valence electrons. The van der Waals surface area contributed by atoms with Crippen molar-refractivity contribution in [2.24, 2.45) is 0 Å². The average molecular weight is 280 g/mol. The minimum atomic E-state index is -0.330. The van der Waals surface area contributed by atoms with Crippen LogP contribution in [-0.4, -0.2) is 12.5 Å². The molecule has 1 nitrogen and oxygen atoms in total. The van der Waals surface area contributed by atoms with Gasteiger partial charge in [-0.2, -0.15) is 0 Å². The van der Waals surface area contributed by atoms with Crippen molar-refractivity contribution >= 4 is 27.5 Å². The summed E-state index contributed by atoms with van der Waals surface area (Å²) in [6.45, 7) is 0.397. The second kappa shape index (κ2) is 6.04. The van der Waals surface area contributed by atoms with Crippen molar-refractivity contribution in [1.82, 2.24) is 0 Å². The molecule has 0 aliphatic rings. The Labute approximate surface area is 95.7 Å². The van der Waals surface area contributed by atoms with Crippen LogP contribution in [0, 0.1) is 5.82 Å². The topological polar surface area (TPSA) is 9.23 Å². The third kappa shape index (κ3) is 3.68. The van der Waals surface area contributed by atoms with Gasteiger partial charge in [-0.05, 0) is 28.1 Å². The van der Waals surface area contributed by atoms with Gasteiger partial charge >= 0.3 is 0 Å². The third-order valence-electron chi connectivity index (χ3n) is 1.49. The van der Waals surface area contributed by atoms with E-state index in [0.717, 1.165) is 0 Å². The van der Waals surface area contributed by atoms with Crippen LogP contribution in [0.5, 0.6) is 5.75 Å². The summed E-state index contributed by atoms with van der Waals surface area (Å²) in [7, 11) is 0. The summed E-state index contributed by atoms with van der Waals surface area (Å²) in [5, 5.41) is 0. The number of rotatable bonds is 4. The largest absolute Gasteiger partial charge is 0.489 e. The fourth-order valence-corrected chi connectivity index (χ4v) is 1.21. The van der Waals surface area contributed by atoms with Crippen LogP contribution in [0.25, 0.3) is 0 Å². The Balaban J connectivity index is 2.51. The van der Waals surface area contributed by atoms with E-state index in [1.54, 1.807) is 24.3 Å². The summed E-state index contributed by atoms with van der Waals surface area (Å²) in [5.41, 5.74) is 0. The van der Waals surface area contributed by atoms with E-state index >= 15 is 0 Å². The number of hydrogen-bond donors (Lipinski definition) is 0. The van der Waals surface area contributed by atoms with Crippen LogP contribution in [0.15, 0.2) is 34.8 Å². The van der Waals surface area contributed by atoms with Gasteiger partial charge in [0.05, 0.1) is 4.47 Å². The van der Waals surface area contributed by atoms with Gasteiger partial charge in [0.15, 0.2) is 0 Å². The predicted molar refractivity (Wildman–Crippen MR) is 59.5 cm³/mol. The van der Waals surface area contributed by atoms with Crippen LogP contribution < -0.4 is 4.74 Å². The van der Waals surface area contributed by atoms with Gasteiger partial charge in [0.1, 0.15) is 18.2 Å². The number of alkyl halides is 1. The van der Waals surface area contributed by atoms with E-state index in [-0.39, 0.29) is 5.82 Å². The zero-order valence-electron chi connectivity index (χ0n) is 7.34. The number of hydrogen-bond acceptors (Lipinski definition) is 1. The quantitative estimate of drug-likeness (QED) is 0.602. The fourth-order valence-electron chi connectivity index (χ4n) is 0.842. The molecule has 0 radical (unpaired) electrons. The van der Waals surface area contributed by atoms with E-state index in [0.29, 0.717) is 22.7 Å². The molecule has 0 bridgehead atoms. The molecule has 0 N–H and O–H groups in total. The van der Waals surface area contributed by atoms with Crippen LogP contribution in [0.4, 0.5) is 4.39 Å². The van der Waals surface area contributed by atoms with E-state index in [2.05, 4.69) is 15.9 Å². The van der Waals surface area contributed by atoms with E-state index in [4.69, 9.17) is 16.3 Å². The number of allylic oxidation sites excluding steroid dienone is 1. The summed E-state index contributed by atoms with van der Waals surface area (Å²) in [4.78, 5) is 0. The monoisotopic (exact) mass is 278 g/mol. The first kappa shape index (κ1) is 11.5. The molecule has 1 aromatic carbocycles. The smallest absolute Gasteiger partial charge is 0.141 e. The van der Waals surface area contributed by atoms with Gasteiger partial charge in [-0.15, -0.1) is 11.6 Å². The minimum absolute atomic E-state index is 0.330. The SMILES string of the molecule is Fc1cc(OCC=CCCl)ccc1Br. The lowest BCUT2D eigenvalue weighted by Crippen LogP contribution is -1.93. The Kier molecular flexibility index (Phi) is 4.98. The highest BCUT2D eigenvalue weighted by atomic mass is 79.9. The Morgan fingerprint density at radius 2 is 2.21 bits per heavy atom. The molecule has 0 spiro atoms. The second-order valence-corrected chi connectivity index (χ2v) is 3.68. The number of ether oxygens (including phenoxy) is 1. The first-order valence-corrected chi connectivity index (χ1v) is 5.35. The van der Waals surface area contributed by atoms with Gasteiger partial charge in [0.25, 0.3) is 0 Å². The molecule has 0 fully saturated rings. The molecule has 0 heterocycles. The molecule has 14 heavy (non-hydrogen) atoms. The maximum absolute atomic E-state index is 13.0. The number of halogens is 3. The van der Waals surface area contributed by atoms with Gasteiger partial charge < -0.3 is 4.74 Å². The van der Waals surface area contributed by atoms with E-state index in [1.165, 1.54) is 6.07 Å².